The Bertz CT molecular complexity index is 1940. The first-order chi connectivity index (χ1) is 22.2. The molecule has 47 heavy (non-hydrogen) atoms. The molecule has 0 saturated heterocycles. The smallest absolute Gasteiger partial charge is 0.418 e. The Morgan fingerprint density at radius 1 is 1.04 bits per heavy atom. The monoisotopic (exact) mass is 674 g/mol. The highest BCUT2D eigenvalue weighted by Crippen LogP contribution is 2.39. The lowest BCUT2D eigenvalue weighted by Crippen LogP contribution is -2.41. The van der Waals surface area contributed by atoms with Gasteiger partial charge in [-0.05, 0) is 79.4 Å². The van der Waals surface area contributed by atoms with Gasteiger partial charge in [-0.2, -0.15) is 13.2 Å². The number of alkyl halides is 3. The Labute approximate surface area is 270 Å². The number of pyridine rings is 1. The maximum atomic E-state index is 15.9. The molecular formula is C34H28ClF5N2O5. The number of amides is 1. The summed E-state index contributed by atoms with van der Waals surface area (Å²) < 4.78 is 84.0. The molecule has 246 valence electrons. The molecule has 0 unspecified atom stereocenters. The number of aryl methyl sites for hydroxylation is 2. The number of fused-ring (bicyclic) bond motifs is 6. The predicted molar refractivity (Wildman–Crippen MR) is 163 cm³/mol. The molecule has 1 aliphatic heterocycles. The van der Waals surface area contributed by atoms with Crippen LogP contribution in [0.1, 0.15) is 58.8 Å². The van der Waals surface area contributed by atoms with Crippen LogP contribution in [-0.2, 0) is 27.1 Å². The number of esters is 1. The standard InChI is InChI=1S/C34H28ClF5N2O5/c1-4-46-27(43)15-25-22-14-20(12-18(3)30(22)37)28-17(2)6-5-7-26(28)47-16-19-8-9-24(36)21(13-19)31(32(44)41-25)42-11-10-23(34(38,39)40)29(35)33(42)45/h5-14,25,31H,4,15-16H2,1-3H3,(H,41,44)/t25-,31-/m0/s1. The Hall–Kier alpha value is -4.71. The summed E-state index contributed by atoms with van der Waals surface area (Å²) >= 11 is 5.86. The van der Waals surface area contributed by atoms with Gasteiger partial charge >= 0.3 is 12.1 Å². The van der Waals surface area contributed by atoms with E-state index in [4.69, 9.17) is 21.1 Å². The van der Waals surface area contributed by atoms with E-state index >= 15 is 8.78 Å². The molecule has 5 rings (SSSR count). The molecular weight excluding hydrogens is 647 g/mol. The zero-order valence-electron chi connectivity index (χ0n) is 25.3. The number of nitrogens with zero attached hydrogens (tertiary/aromatic N) is 1. The third-order valence-corrected chi connectivity index (χ3v) is 8.18. The minimum atomic E-state index is -5.00. The molecule has 1 aromatic heterocycles. The van der Waals surface area contributed by atoms with E-state index in [1.54, 1.807) is 25.1 Å². The van der Waals surface area contributed by atoms with Gasteiger partial charge in [-0.3, -0.25) is 19.0 Å². The van der Waals surface area contributed by atoms with E-state index in [2.05, 4.69) is 5.32 Å². The van der Waals surface area contributed by atoms with Crippen molar-refractivity contribution in [2.75, 3.05) is 6.61 Å². The lowest BCUT2D eigenvalue weighted by atomic mass is 9.91. The van der Waals surface area contributed by atoms with Crippen LogP contribution < -0.4 is 15.6 Å². The van der Waals surface area contributed by atoms with Gasteiger partial charge in [-0.15, -0.1) is 0 Å². The van der Waals surface area contributed by atoms with Gasteiger partial charge in [-0.25, -0.2) is 8.78 Å². The lowest BCUT2D eigenvalue weighted by molar-refractivity contribution is -0.144. The number of rotatable bonds is 4. The number of carbonyl (C=O) groups excluding carboxylic acids is 2. The van der Waals surface area contributed by atoms with Gasteiger partial charge in [0.2, 0.25) is 5.91 Å². The topological polar surface area (TPSA) is 86.6 Å². The van der Waals surface area contributed by atoms with Gasteiger partial charge in [-0.1, -0.05) is 29.8 Å². The van der Waals surface area contributed by atoms with E-state index in [1.807, 2.05) is 13.0 Å². The van der Waals surface area contributed by atoms with Crippen LogP contribution in [0.15, 0.2) is 65.6 Å². The van der Waals surface area contributed by atoms with Crippen molar-refractivity contribution in [1.29, 1.82) is 0 Å². The highest BCUT2D eigenvalue weighted by atomic mass is 35.5. The quantitative estimate of drug-likeness (QED) is 0.180. The Morgan fingerprint density at radius 3 is 2.49 bits per heavy atom. The van der Waals surface area contributed by atoms with E-state index in [-0.39, 0.29) is 24.3 Å². The number of hydrogen-bond acceptors (Lipinski definition) is 5. The summed E-state index contributed by atoms with van der Waals surface area (Å²) in [5, 5.41) is 1.31. The summed E-state index contributed by atoms with van der Waals surface area (Å²) in [6.07, 6.45) is -4.89. The summed E-state index contributed by atoms with van der Waals surface area (Å²) in [5.41, 5.74) is -1.01. The van der Waals surface area contributed by atoms with Gasteiger partial charge in [0.15, 0.2) is 0 Å². The maximum absolute atomic E-state index is 15.9. The summed E-state index contributed by atoms with van der Waals surface area (Å²) in [6.45, 7) is 4.72. The van der Waals surface area contributed by atoms with E-state index in [9.17, 15) is 27.6 Å². The number of hydrogen-bond donors (Lipinski definition) is 1. The van der Waals surface area contributed by atoms with E-state index in [1.165, 1.54) is 25.1 Å². The fraction of sp³-hybridized carbons (Fsp3) is 0.265. The molecule has 2 atom stereocenters. The Morgan fingerprint density at radius 2 is 1.79 bits per heavy atom. The fourth-order valence-corrected chi connectivity index (χ4v) is 5.89. The minimum absolute atomic E-state index is 0.0228. The molecule has 0 aliphatic carbocycles. The normalized spacial score (nSPS) is 16.4. The molecule has 13 heteroatoms. The summed E-state index contributed by atoms with van der Waals surface area (Å²) in [4.78, 5) is 40.2. The van der Waals surface area contributed by atoms with Crippen LogP contribution in [0.5, 0.6) is 5.75 Å². The Balaban J connectivity index is 1.79. The zero-order valence-corrected chi connectivity index (χ0v) is 26.1. The van der Waals surface area contributed by atoms with Crippen molar-refractivity contribution in [3.05, 3.63) is 121 Å². The number of halogens is 6. The molecule has 1 aliphatic rings. The average Bonchev–Trinajstić information content (AvgIpc) is 2.99. The first kappa shape index (κ1) is 33.6. The number of benzene rings is 3. The van der Waals surface area contributed by atoms with Crippen LogP contribution in [0.2, 0.25) is 5.02 Å². The lowest BCUT2D eigenvalue weighted by Gasteiger charge is -2.27. The van der Waals surface area contributed by atoms with Gasteiger partial charge in [0.05, 0.1) is 24.6 Å². The van der Waals surface area contributed by atoms with E-state index in [0.29, 0.717) is 39.3 Å². The minimum Gasteiger partial charge on any atom is -0.488 e. The van der Waals surface area contributed by atoms with Crippen LogP contribution >= 0.6 is 11.6 Å². The van der Waals surface area contributed by atoms with E-state index < -0.39 is 69.9 Å². The summed E-state index contributed by atoms with van der Waals surface area (Å²) in [5.74, 6) is -3.28. The largest absolute Gasteiger partial charge is 0.488 e. The first-order valence-electron chi connectivity index (χ1n) is 14.5. The predicted octanol–water partition coefficient (Wildman–Crippen LogP) is 7.38. The number of aromatic nitrogens is 1. The molecule has 2 heterocycles. The van der Waals surface area contributed by atoms with Crippen LogP contribution in [0.25, 0.3) is 11.1 Å². The van der Waals surface area contributed by atoms with Gasteiger partial charge in [0.1, 0.15) is 35.1 Å². The molecule has 4 bridgehead atoms. The second-order valence-electron chi connectivity index (χ2n) is 11.0. The van der Waals surface area contributed by atoms with Crippen molar-refractivity contribution in [2.45, 2.75) is 52.1 Å². The number of ether oxygens (including phenoxy) is 2. The number of carbonyl (C=O) groups is 2. The summed E-state index contributed by atoms with van der Waals surface area (Å²) in [7, 11) is 0. The number of nitrogens with one attached hydrogen (secondary N) is 1. The summed E-state index contributed by atoms with van der Waals surface area (Å²) in [6, 6.07) is 9.09. The molecule has 0 radical (unpaired) electrons. The van der Waals surface area contributed by atoms with Gasteiger partial charge in [0.25, 0.3) is 5.56 Å². The molecule has 7 nitrogen and oxygen atoms in total. The van der Waals surface area contributed by atoms with Crippen molar-refractivity contribution in [3.8, 4) is 16.9 Å². The fourth-order valence-electron chi connectivity index (χ4n) is 5.62. The molecule has 3 aromatic carbocycles. The van der Waals surface area contributed by atoms with Crippen molar-refractivity contribution in [3.63, 3.8) is 0 Å². The SMILES string of the molecule is CCOC(=O)C[C@@H]1NC(=O)[C@@H](n2ccc(C(F)(F)F)c(Cl)c2=O)c2cc(ccc2F)COc2cccc(C)c2-c2cc(C)c(F)c1c2. The molecule has 0 saturated carbocycles. The van der Waals surface area contributed by atoms with Crippen molar-refractivity contribution in [2.24, 2.45) is 0 Å². The van der Waals surface area contributed by atoms with Crippen molar-refractivity contribution in [1.82, 2.24) is 9.88 Å². The third kappa shape index (κ3) is 6.73. The highest BCUT2D eigenvalue weighted by Gasteiger charge is 2.37. The maximum Gasteiger partial charge on any atom is 0.418 e. The average molecular weight is 675 g/mol. The zero-order chi connectivity index (χ0) is 34.2. The first-order valence-corrected chi connectivity index (χ1v) is 14.8. The second kappa shape index (κ2) is 13.2. The van der Waals surface area contributed by atoms with E-state index in [0.717, 1.165) is 11.6 Å². The van der Waals surface area contributed by atoms with Crippen LogP contribution in [0, 0.1) is 25.5 Å². The highest BCUT2D eigenvalue weighted by molar-refractivity contribution is 6.31. The molecule has 1 N–H and O–H groups in total. The molecule has 4 aromatic rings. The van der Waals surface area contributed by atoms with Crippen molar-refractivity contribution < 1.29 is 41.0 Å². The molecule has 0 spiro atoms. The molecule has 1 amide bonds. The third-order valence-electron chi connectivity index (χ3n) is 7.82. The molecule has 0 fully saturated rings. The van der Waals surface area contributed by atoms with Gasteiger partial charge in [0, 0.05) is 22.9 Å². The van der Waals surface area contributed by atoms with Crippen molar-refractivity contribution >= 4 is 23.5 Å². The van der Waals surface area contributed by atoms with Crippen LogP contribution in [0.4, 0.5) is 22.0 Å². The van der Waals surface area contributed by atoms with Crippen LogP contribution in [0.3, 0.4) is 0 Å². The second-order valence-corrected chi connectivity index (χ2v) is 11.4. The van der Waals surface area contributed by atoms with Gasteiger partial charge < -0.3 is 14.8 Å². The van der Waals surface area contributed by atoms with Crippen LogP contribution in [-0.4, -0.2) is 23.1 Å². The Kier molecular flexibility index (Phi) is 9.44.